The van der Waals surface area contributed by atoms with E-state index in [1.807, 2.05) is 101 Å². The van der Waals surface area contributed by atoms with Crippen LogP contribution < -0.4 is 0 Å². The van der Waals surface area contributed by atoms with E-state index in [1.54, 1.807) is 67.6 Å². The number of benzene rings is 1. The Morgan fingerprint density at radius 3 is 2.36 bits per heavy atom. The van der Waals surface area contributed by atoms with Crippen molar-refractivity contribution in [3.8, 4) is 16.9 Å². The van der Waals surface area contributed by atoms with Crippen molar-refractivity contribution in [2.24, 2.45) is 23.7 Å². The predicted molar refractivity (Wildman–Crippen MR) is 292 cm³/mol. The lowest BCUT2D eigenvalue weighted by molar-refractivity contribution is -0.296. The van der Waals surface area contributed by atoms with E-state index >= 15 is 0 Å². The van der Waals surface area contributed by atoms with Crippen molar-refractivity contribution in [3.63, 3.8) is 0 Å². The maximum absolute atomic E-state index is 14.9. The molecule has 4 aromatic heterocycles. The summed E-state index contributed by atoms with van der Waals surface area (Å²) in [4.78, 5) is 69.9. The summed E-state index contributed by atoms with van der Waals surface area (Å²) in [5, 5.41) is 38.4. The molecule has 422 valence electrons. The number of methoxy groups -OCH3 is 1. The Morgan fingerprint density at radius 1 is 0.910 bits per heavy atom. The van der Waals surface area contributed by atoms with Gasteiger partial charge in [0.15, 0.2) is 21.8 Å². The fourth-order valence-corrected chi connectivity index (χ4v) is 12.1. The minimum atomic E-state index is -1.46. The number of amides is 1. The molecule has 23 heteroatoms. The molecule has 78 heavy (non-hydrogen) atoms. The number of ketones is 2. The summed E-state index contributed by atoms with van der Waals surface area (Å²) in [6.07, 6.45) is 9.09. The van der Waals surface area contributed by atoms with Crippen LogP contribution in [0.2, 0.25) is 0 Å². The van der Waals surface area contributed by atoms with Gasteiger partial charge in [-0.3, -0.25) is 19.4 Å². The number of likely N-dealkylation sites (N-methyl/N-ethyl adjacent to an activating group) is 1. The molecule has 0 unspecified atom stereocenters. The average molecular weight is 1190 g/mol. The molecule has 1 amide bonds. The number of imidazole rings is 1. The van der Waals surface area contributed by atoms with Crippen molar-refractivity contribution in [1.82, 2.24) is 54.3 Å². The molecule has 0 radical (unpaired) electrons. The molecule has 3 fully saturated rings. The number of rotatable bonds is 18. The first-order chi connectivity index (χ1) is 37.2. The zero-order valence-electron chi connectivity index (χ0n) is 45.9. The minimum absolute atomic E-state index is 0.0136. The van der Waals surface area contributed by atoms with Crippen molar-refractivity contribution < 1.29 is 53.1 Å². The third kappa shape index (κ3) is 13.0. The van der Waals surface area contributed by atoms with Crippen LogP contribution in [0.3, 0.4) is 0 Å². The van der Waals surface area contributed by atoms with Crippen molar-refractivity contribution in [2.45, 2.75) is 152 Å². The highest BCUT2D eigenvalue weighted by Gasteiger charge is 2.60. The van der Waals surface area contributed by atoms with Crippen LogP contribution in [0.25, 0.3) is 16.9 Å². The Hall–Kier alpha value is -5.57. The van der Waals surface area contributed by atoms with E-state index in [4.69, 9.17) is 23.7 Å². The van der Waals surface area contributed by atoms with Crippen LogP contribution in [0, 0.1) is 23.7 Å². The lowest BCUT2D eigenvalue weighted by atomic mass is 9.74. The van der Waals surface area contributed by atoms with Crippen LogP contribution in [0.15, 0.2) is 73.7 Å². The molecule has 13 atom stereocenters. The van der Waals surface area contributed by atoms with Gasteiger partial charge in [0, 0.05) is 100 Å². The molecule has 3 aliphatic rings. The highest BCUT2D eigenvalue weighted by molar-refractivity contribution is 14.1. The number of fused-ring (bicyclic) bond motifs is 1. The van der Waals surface area contributed by atoms with Crippen molar-refractivity contribution >= 4 is 46.2 Å². The summed E-state index contributed by atoms with van der Waals surface area (Å²) in [6, 6.07) is 10.4. The summed E-state index contributed by atoms with van der Waals surface area (Å²) in [7, 11) is 3.40. The van der Waals surface area contributed by atoms with Crippen LogP contribution in [-0.4, -0.2) is 174 Å². The number of aryl methyl sites for hydroxylation is 1. The largest absolute Gasteiger partial charge is 0.447 e. The fraction of sp³-hybridized carbons (Fsp3) is 0.600. The zero-order valence-corrected chi connectivity index (χ0v) is 48.1. The van der Waals surface area contributed by atoms with Crippen molar-refractivity contribution in [3.05, 3.63) is 90.7 Å². The van der Waals surface area contributed by atoms with Gasteiger partial charge in [-0.15, -0.1) is 10.2 Å². The highest BCUT2D eigenvalue weighted by Crippen LogP contribution is 2.44. The second-order valence-electron chi connectivity index (χ2n) is 21.7. The molecule has 1 aromatic carbocycles. The zero-order chi connectivity index (χ0) is 56.1. The van der Waals surface area contributed by atoms with Crippen LogP contribution in [0.5, 0.6) is 0 Å². The summed E-state index contributed by atoms with van der Waals surface area (Å²) in [5.41, 5.74) is 2.22. The lowest BCUT2D eigenvalue weighted by Gasteiger charge is -2.47. The van der Waals surface area contributed by atoms with Gasteiger partial charge in [-0.05, 0) is 113 Å². The van der Waals surface area contributed by atoms with E-state index in [0.29, 0.717) is 51.7 Å². The summed E-state index contributed by atoms with van der Waals surface area (Å²) in [6.45, 7) is 14.0. The molecule has 3 saturated heterocycles. The molecule has 0 saturated carbocycles. The number of aliphatic hydroxyl groups excluding tert-OH is 2. The van der Waals surface area contributed by atoms with E-state index < -0.39 is 87.4 Å². The molecule has 22 nitrogen and oxygen atoms in total. The summed E-state index contributed by atoms with van der Waals surface area (Å²) >= 11 is 1.93. The van der Waals surface area contributed by atoms with Gasteiger partial charge in [0.25, 0.3) is 0 Å². The van der Waals surface area contributed by atoms with Gasteiger partial charge < -0.3 is 48.3 Å². The molecule has 7 heterocycles. The molecular weight excluding hydrogens is 1120 g/mol. The van der Waals surface area contributed by atoms with Gasteiger partial charge in [0.1, 0.15) is 17.8 Å². The lowest BCUT2D eigenvalue weighted by Crippen LogP contribution is -2.60. The second kappa shape index (κ2) is 25.3. The van der Waals surface area contributed by atoms with Gasteiger partial charge in [0.05, 0.1) is 65.7 Å². The molecule has 5 aromatic rings. The van der Waals surface area contributed by atoms with Crippen molar-refractivity contribution in [1.29, 1.82) is 0 Å². The first-order valence-electron chi connectivity index (χ1n) is 26.8. The van der Waals surface area contributed by atoms with E-state index in [2.05, 4.69) is 30.6 Å². The van der Waals surface area contributed by atoms with E-state index in [-0.39, 0.29) is 31.5 Å². The van der Waals surface area contributed by atoms with Crippen molar-refractivity contribution in [2.75, 3.05) is 33.9 Å². The monoisotopic (exact) mass is 1190 g/mol. The quantitative estimate of drug-likeness (QED) is 0.0372. The van der Waals surface area contributed by atoms with E-state index in [9.17, 15) is 29.4 Å². The third-order valence-electron chi connectivity index (χ3n) is 15.9. The second-order valence-corrected chi connectivity index (χ2v) is 22.8. The number of hydrogen-bond acceptors (Lipinski definition) is 18. The number of aromatic nitrogens is 9. The topological polar surface area (TPSA) is 253 Å². The van der Waals surface area contributed by atoms with Gasteiger partial charge in [-0.25, -0.2) is 19.1 Å². The summed E-state index contributed by atoms with van der Waals surface area (Å²) < 4.78 is 36.0. The first kappa shape index (κ1) is 58.6. The molecule has 0 aliphatic carbocycles. The standard InChI is InChI=1S/C55H74IN11O11/c1-33-26-54(6,74-9)49(76-51-47(71)44(25-34(2)75-51)63(8)23-18-40-30-67(62-60-40)42-16-14-38(15-17-42)28-65-29-41(19-24-68)59-61-65)36(4)46(70)37(5)50(72)77-52(56)55(7)48(35(3)45(33)69)66(53(73)78-55)22-11-10-21-64-31-43(58-32-64)39-13-12-20-57-27-39/h12-17,20,27,29-37,44,47-49,51-52,68,71H,10-11,18-19,21-26,28H2,1-9H3/t33-,34-,35+,36+,37-,44+,47-,48+,49-,51+,52+,54-,55+/m1/s1. The van der Waals surface area contributed by atoms with Gasteiger partial charge >= 0.3 is 12.1 Å². The fourth-order valence-electron chi connectivity index (χ4n) is 11.3. The van der Waals surface area contributed by atoms with Crippen LogP contribution in [0.1, 0.15) is 91.1 Å². The average Bonchev–Trinajstić information content (AvgIpc) is 4.31. The van der Waals surface area contributed by atoms with E-state index in [0.717, 1.165) is 33.9 Å². The number of alkyl halides is 1. The number of aliphatic hydroxyl groups is 2. The maximum atomic E-state index is 14.9. The Morgan fingerprint density at radius 2 is 1.64 bits per heavy atom. The SMILES string of the molecule is CO[C@]1(C)C[C@@H](C)C(=O)[C@H](C)[C@@H]2N(CCCCn3cnc(-c4cccnc4)c3)C(=O)O[C@]2(C)[C@@H](I)OC(=O)[C@H](C)C(=O)[C@H](C)[C@H]1O[C@@H]1O[C@H](C)C[C@H](N(C)CCc2cn(-c3ccc(Cn4cc(CCO)nn4)cc3)nn2)[C@H]1O. The van der Waals surface area contributed by atoms with Gasteiger partial charge in [-0.2, -0.15) is 0 Å². The number of Topliss-reactive ketones (excluding diaryl/α,β-unsaturated/α-hetero) is 2. The maximum Gasteiger partial charge on any atom is 0.410 e. The van der Waals surface area contributed by atoms with Crippen LogP contribution >= 0.6 is 22.6 Å². The normalized spacial score (nSPS) is 30.3. The first-order valence-corrected chi connectivity index (χ1v) is 28.1. The molecule has 2 N–H and O–H groups in total. The molecule has 0 spiro atoms. The molecular formula is C55H74IN11O11. The number of carbonyl (C=O) groups excluding carboxylic acids is 4. The summed E-state index contributed by atoms with van der Waals surface area (Å²) in [5.74, 6) is -5.33. The Balaban J connectivity index is 0.945. The Labute approximate surface area is 468 Å². The van der Waals surface area contributed by atoms with Crippen LogP contribution in [0.4, 0.5) is 4.79 Å². The van der Waals surface area contributed by atoms with E-state index in [1.165, 1.54) is 14.0 Å². The number of ether oxygens (including phenoxy) is 5. The Bertz CT molecular complexity index is 2830. The number of carbonyl (C=O) groups is 4. The number of unbranched alkanes of at least 4 members (excludes halogenated alkanes) is 1. The molecule has 8 rings (SSSR count). The number of pyridine rings is 1. The molecule has 3 aliphatic heterocycles. The number of hydrogen-bond donors (Lipinski definition) is 2. The van der Waals surface area contributed by atoms with Gasteiger partial charge in [0.2, 0.25) is 0 Å². The number of halogens is 1. The van der Waals surface area contributed by atoms with Gasteiger partial charge in [-0.1, -0.05) is 43.3 Å². The smallest absolute Gasteiger partial charge is 0.410 e. The number of nitrogens with zero attached hydrogens (tertiary/aromatic N) is 11. The number of esters is 1. The number of cyclic esters (lactones) is 1. The highest BCUT2D eigenvalue weighted by atomic mass is 127. The van der Waals surface area contributed by atoms with Crippen LogP contribution in [-0.2, 0) is 64.0 Å². The minimum Gasteiger partial charge on any atom is -0.447 e. The third-order valence-corrected chi connectivity index (χ3v) is 17.4. The predicted octanol–water partition coefficient (Wildman–Crippen LogP) is 5.28. The Kier molecular flexibility index (Phi) is 19.0. The molecule has 0 bridgehead atoms.